The van der Waals surface area contributed by atoms with Crippen LogP contribution in [0.5, 0.6) is 5.75 Å². The molecule has 0 unspecified atom stereocenters. The Balaban J connectivity index is 1.94. The van der Waals surface area contributed by atoms with E-state index in [9.17, 15) is 19.5 Å². The average molecular weight is 553 g/mol. The molecule has 3 atom stereocenters. The maximum Gasteiger partial charge on any atom is 0.410 e. The van der Waals surface area contributed by atoms with Crippen molar-refractivity contribution in [3.05, 3.63) is 63.2 Å². The van der Waals surface area contributed by atoms with Crippen LogP contribution in [0.4, 0.5) is 4.79 Å². The standard InChI is InChI=1S/C23H24INO7/c1-30-20(27)11-17-18(16-10-15(24)8-9-19(16)26)12-25(21(17)22(28)31-2)23(29)32-13-14-6-4-3-5-7-14/h3-10,17-18,21,26H,11-13H2,1-2H3/t17-,18+,21-/m0/s1. The van der Waals surface area contributed by atoms with Gasteiger partial charge in [-0.15, -0.1) is 0 Å². The van der Waals surface area contributed by atoms with E-state index in [1.807, 2.05) is 30.3 Å². The summed E-state index contributed by atoms with van der Waals surface area (Å²) in [5.74, 6) is -2.34. The smallest absolute Gasteiger partial charge is 0.410 e. The van der Waals surface area contributed by atoms with Crippen LogP contribution in [0.25, 0.3) is 0 Å². The lowest BCUT2D eigenvalue weighted by Crippen LogP contribution is -2.44. The number of likely N-dealkylation sites (tertiary alicyclic amines) is 1. The van der Waals surface area contributed by atoms with Gasteiger partial charge in [0.2, 0.25) is 0 Å². The number of halogens is 1. The molecule has 2 aromatic rings. The van der Waals surface area contributed by atoms with Crippen LogP contribution >= 0.6 is 22.6 Å². The molecule has 0 spiro atoms. The largest absolute Gasteiger partial charge is 0.508 e. The van der Waals surface area contributed by atoms with Crippen LogP contribution in [0.15, 0.2) is 48.5 Å². The van der Waals surface area contributed by atoms with Crippen molar-refractivity contribution in [2.75, 3.05) is 20.8 Å². The van der Waals surface area contributed by atoms with Gasteiger partial charge in [-0.2, -0.15) is 0 Å². The molecule has 1 saturated heterocycles. The van der Waals surface area contributed by atoms with E-state index in [4.69, 9.17) is 14.2 Å². The Labute approximate surface area is 199 Å². The van der Waals surface area contributed by atoms with Gasteiger partial charge in [0, 0.05) is 27.5 Å². The number of hydrogen-bond donors (Lipinski definition) is 1. The van der Waals surface area contributed by atoms with Gasteiger partial charge < -0.3 is 19.3 Å². The maximum absolute atomic E-state index is 13.0. The van der Waals surface area contributed by atoms with Crippen LogP contribution in [0, 0.1) is 9.49 Å². The van der Waals surface area contributed by atoms with Crippen LogP contribution in [0.3, 0.4) is 0 Å². The van der Waals surface area contributed by atoms with Gasteiger partial charge in [-0.1, -0.05) is 30.3 Å². The Morgan fingerprint density at radius 2 is 1.81 bits per heavy atom. The van der Waals surface area contributed by atoms with Gasteiger partial charge in [-0.3, -0.25) is 9.69 Å². The molecular formula is C23H24INO7. The Kier molecular flexibility index (Phi) is 7.94. The van der Waals surface area contributed by atoms with E-state index in [-0.39, 0.29) is 25.3 Å². The van der Waals surface area contributed by atoms with Gasteiger partial charge in [0.1, 0.15) is 18.4 Å². The molecule has 1 aliphatic rings. The molecule has 1 fully saturated rings. The molecule has 32 heavy (non-hydrogen) atoms. The topological polar surface area (TPSA) is 102 Å². The molecule has 0 bridgehead atoms. The summed E-state index contributed by atoms with van der Waals surface area (Å²) in [5, 5.41) is 10.5. The van der Waals surface area contributed by atoms with Crippen molar-refractivity contribution in [1.29, 1.82) is 0 Å². The third-order valence-electron chi connectivity index (χ3n) is 5.55. The molecule has 1 amide bonds. The van der Waals surface area contributed by atoms with E-state index in [1.54, 1.807) is 18.2 Å². The van der Waals surface area contributed by atoms with E-state index in [0.717, 1.165) is 9.13 Å². The second kappa shape index (κ2) is 10.7. The number of aromatic hydroxyl groups is 1. The SMILES string of the molecule is COC(=O)C[C@H]1[C@@H](c2cc(I)ccc2O)CN(C(=O)OCc2ccccc2)[C@@H]1C(=O)OC. The number of carbonyl (C=O) groups is 3. The van der Waals surface area contributed by atoms with Crippen molar-refractivity contribution >= 4 is 40.6 Å². The van der Waals surface area contributed by atoms with Crippen molar-refractivity contribution in [3.63, 3.8) is 0 Å². The molecule has 2 aromatic carbocycles. The van der Waals surface area contributed by atoms with Crippen molar-refractivity contribution in [1.82, 2.24) is 4.90 Å². The van der Waals surface area contributed by atoms with Crippen molar-refractivity contribution in [2.45, 2.75) is 25.0 Å². The van der Waals surface area contributed by atoms with Gasteiger partial charge in [0.05, 0.1) is 20.6 Å². The zero-order valence-electron chi connectivity index (χ0n) is 17.7. The van der Waals surface area contributed by atoms with E-state index in [2.05, 4.69) is 22.6 Å². The summed E-state index contributed by atoms with van der Waals surface area (Å²) in [6, 6.07) is 13.2. The van der Waals surface area contributed by atoms with Gasteiger partial charge in [0.25, 0.3) is 0 Å². The molecule has 0 aliphatic carbocycles. The Morgan fingerprint density at radius 3 is 2.47 bits per heavy atom. The lowest BCUT2D eigenvalue weighted by molar-refractivity contribution is -0.148. The zero-order valence-corrected chi connectivity index (χ0v) is 19.9. The van der Waals surface area contributed by atoms with Crippen LogP contribution in [0.2, 0.25) is 0 Å². The summed E-state index contributed by atoms with van der Waals surface area (Å²) >= 11 is 2.11. The van der Waals surface area contributed by atoms with Crippen molar-refractivity contribution < 1.29 is 33.7 Å². The highest BCUT2D eigenvalue weighted by Gasteiger charge is 2.51. The lowest BCUT2D eigenvalue weighted by Gasteiger charge is -2.25. The minimum Gasteiger partial charge on any atom is -0.508 e. The summed E-state index contributed by atoms with van der Waals surface area (Å²) in [4.78, 5) is 39.2. The fraction of sp³-hybridized carbons (Fsp3) is 0.348. The van der Waals surface area contributed by atoms with Gasteiger partial charge in [-0.25, -0.2) is 9.59 Å². The van der Waals surface area contributed by atoms with Crippen LogP contribution in [-0.4, -0.2) is 54.8 Å². The number of benzene rings is 2. The molecule has 1 N–H and O–H groups in total. The molecule has 170 valence electrons. The monoisotopic (exact) mass is 553 g/mol. The molecule has 3 rings (SSSR count). The highest BCUT2D eigenvalue weighted by Crippen LogP contribution is 2.43. The lowest BCUT2D eigenvalue weighted by atomic mass is 9.82. The van der Waals surface area contributed by atoms with E-state index in [1.165, 1.54) is 19.1 Å². The molecule has 8 nitrogen and oxygen atoms in total. The number of rotatable bonds is 6. The Morgan fingerprint density at radius 1 is 1.09 bits per heavy atom. The summed E-state index contributed by atoms with van der Waals surface area (Å²) in [5.41, 5.74) is 1.34. The number of ether oxygens (including phenoxy) is 3. The predicted molar refractivity (Wildman–Crippen MR) is 123 cm³/mol. The first-order valence-electron chi connectivity index (χ1n) is 9.96. The normalized spacial score (nSPS) is 20.0. The van der Waals surface area contributed by atoms with E-state index < -0.39 is 35.9 Å². The highest BCUT2D eigenvalue weighted by atomic mass is 127. The van der Waals surface area contributed by atoms with Gasteiger partial charge in [0.15, 0.2) is 0 Å². The van der Waals surface area contributed by atoms with Crippen molar-refractivity contribution in [2.24, 2.45) is 5.92 Å². The van der Waals surface area contributed by atoms with Crippen LogP contribution < -0.4 is 0 Å². The van der Waals surface area contributed by atoms with E-state index >= 15 is 0 Å². The fourth-order valence-corrected chi connectivity index (χ4v) is 4.52. The Bertz CT molecular complexity index is 982. The molecular weight excluding hydrogens is 529 g/mol. The van der Waals surface area contributed by atoms with Gasteiger partial charge in [-0.05, 0) is 46.4 Å². The zero-order chi connectivity index (χ0) is 23.3. The summed E-state index contributed by atoms with van der Waals surface area (Å²) in [7, 11) is 2.48. The number of phenolic OH excluding ortho intramolecular Hbond substituents is 1. The minimum atomic E-state index is -1.07. The molecule has 9 heteroatoms. The summed E-state index contributed by atoms with van der Waals surface area (Å²) in [6.07, 6.45) is -0.833. The number of nitrogens with zero attached hydrogens (tertiary/aromatic N) is 1. The fourth-order valence-electron chi connectivity index (χ4n) is 4.01. The second-order valence-corrected chi connectivity index (χ2v) is 8.66. The number of phenols is 1. The first-order valence-corrected chi connectivity index (χ1v) is 11.0. The molecule has 0 saturated carbocycles. The highest BCUT2D eigenvalue weighted by molar-refractivity contribution is 14.1. The summed E-state index contributed by atoms with van der Waals surface area (Å²) in [6.45, 7) is 0.105. The minimum absolute atomic E-state index is 0.0217. The third-order valence-corrected chi connectivity index (χ3v) is 6.22. The molecule has 1 heterocycles. The van der Waals surface area contributed by atoms with Crippen LogP contribution in [0.1, 0.15) is 23.5 Å². The molecule has 1 aliphatic heterocycles. The summed E-state index contributed by atoms with van der Waals surface area (Å²) < 4.78 is 16.1. The average Bonchev–Trinajstić information content (AvgIpc) is 3.17. The van der Waals surface area contributed by atoms with Gasteiger partial charge >= 0.3 is 18.0 Å². The van der Waals surface area contributed by atoms with E-state index in [0.29, 0.717) is 5.56 Å². The van der Waals surface area contributed by atoms with Crippen molar-refractivity contribution in [3.8, 4) is 5.75 Å². The number of methoxy groups -OCH3 is 2. The number of esters is 2. The quantitative estimate of drug-likeness (QED) is 0.332. The molecule has 0 aromatic heterocycles. The first-order chi connectivity index (χ1) is 15.3. The predicted octanol–water partition coefficient (Wildman–Crippen LogP) is 3.45. The first kappa shape index (κ1) is 23.8. The number of carbonyl (C=O) groups excluding carboxylic acids is 3. The third kappa shape index (κ3) is 5.32. The maximum atomic E-state index is 13.0. The number of amides is 1. The number of hydrogen-bond acceptors (Lipinski definition) is 7. The Hall–Kier alpha value is -2.82. The van der Waals surface area contributed by atoms with Crippen LogP contribution in [-0.2, 0) is 30.4 Å². The second-order valence-electron chi connectivity index (χ2n) is 7.41. The molecule has 0 radical (unpaired) electrons.